The summed E-state index contributed by atoms with van der Waals surface area (Å²) in [6, 6.07) is 11.7. The van der Waals surface area contributed by atoms with Crippen molar-refractivity contribution in [2.24, 2.45) is 0 Å². The molecule has 0 bridgehead atoms. The first kappa shape index (κ1) is 14.2. The normalized spacial score (nSPS) is 11.0. The van der Waals surface area contributed by atoms with Crippen LogP contribution in [0.1, 0.15) is 11.5 Å². The van der Waals surface area contributed by atoms with Crippen LogP contribution in [0.4, 0.5) is 5.69 Å². The van der Waals surface area contributed by atoms with E-state index in [1.807, 2.05) is 0 Å². The molecule has 108 valence electrons. The summed E-state index contributed by atoms with van der Waals surface area (Å²) >= 11 is 12.0. The van der Waals surface area contributed by atoms with E-state index in [1.165, 1.54) is 5.56 Å². The van der Waals surface area contributed by atoms with Gasteiger partial charge in [0, 0.05) is 23.7 Å². The first-order chi connectivity index (χ1) is 10.1. The molecule has 1 heterocycles. The molecular weight excluding hydrogens is 307 g/mol. The van der Waals surface area contributed by atoms with Crippen LogP contribution >= 0.6 is 23.2 Å². The number of aryl methyl sites for hydroxylation is 1. The summed E-state index contributed by atoms with van der Waals surface area (Å²) in [7, 11) is 0. The summed E-state index contributed by atoms with van der Waals surface area (Å²) in [5.41, 5.74) is 3.60. The average molecular weight is 321 g/mol. The predicted octanol–water partition coefficient (Wildman–Crippen LogP) is 5.10. The lowest BCUT2D eigenvalue weighted by Crippen LogP contribution is -2.04. The number of benzene rings is 2. The van der Waals surface area contributed by atoms with Crippen LogP contribution < -0.4 is 5.32 Å². The molecule has 0 saturated heterocycles. The van der Waals surface area contributed by atoms with Crippen LogP contribution in [0.2, 0.25) is 10.0 Å². The molecule has 0 unspecified atom stereocenters. The largest absolute Gasteiger partial charge is 0.439 e. The van der Waals surface area contributed by atoms with Crippen molar-refractivity contribution in [3.8, 4) is 0 Å². The van der Waals surface area contributed by atoms with Crippen LogP contribution in [-0.4, -0.2) is 11.5 Å². The van der Waals surface area contributed by atoms with Crippen LogP contribution in [0.15, 0.2) is 40.8 Å². The molecule has 0 aliphatic carbocycles. The van der Waals surface area contributed by atoms with Crippen molar-refractivity contribution in [1.29, 1.82) is 0 Å². The highest BCUT2D eigenvalue weighted by molar-refractivity contribution is 6.37. The fourth-order valence-corrected chi connectivity index (χ4v) is 2.62. The molecule has 0 amide bonds. The summed E-state index contributed by atoms with van der Waals surface area (Å²) in [5, 5.41) is 4.38. The maximum Gasteiger partial charge on any atom is 0.197 e. The minimum atomic E-state index is 0.489. The second-order valence-electron chi connectivity index (χ2n) is 4.89. The smallest absolute Gasteiger partial charge is 0.197 e. The standard InChI is InChI=1S/C16H14Cl2N2O/c1-10-2-4-12(5-3-10)19-7-6-15-20-14-9-11(17)8-13(18)16(14)21-15/h2-5,8-9,19H,6-7H2,1H3. The minimum absolute atomic E-state index is 0.489. The lowest BCUT2D eigenvalue weighted by Gasteiger charge is -2.04. The molecule has 1 aromatic heterocycles. The number of anilines is 1. The third-order valence-electron chi connectivity index (χ3n) is 3.17. The van der Waals surface area contributed by atoms with Gasteiger partial charge in [0.2, 0.25) is 0 Å². The Balaban J connectivity index is 1.68. The monoisotopic (exact) mass is 320 g/mol. The molecule has 3 aromatic rings. The highest BCUT2D eigenvalue weighted by Crippen LogP contribution is 2.28. The number of nitrogens with zero attached hydrogens (tertiary/aromatic N) is 1. The zero-order chi connectivity index (χ0) is 14.8. The van der Waals surface area contributed by atoms with E-state index in [-0.39, 0.29) is 0 Å². The second kappa shape index (κ2) is 5.96. The van der Waals surface area contributed by atoms with Gasteiger partial charge in [-0.2, -0.15) is 0 Å². The molecule has 21 heavy (non-hydrogen) atoms. The Bertz CT molecular complexity index is 766. The van der Waals surface area contributed by atoms with Gasteiger partial charge in [-0.1, -0.05) is 40.9 Å². The van der Waals surface area contributed by atoms with E-state index >= 15 is 0 Å². The van der Waals surface area contributed by atoms with Gasteiger partial charge in [-0.3, -0.25) is 0 Å². The Kier molecular flexibility index (Phi) is 4.04. The first-order valence-electron chi connectivity index (χ1n) is 6.67. The summed E-state index contributed by atoms with van der Waals surface area (Å²) in [4.78, 5) is 4.40. The van der Waals surface area contributed by atoms with Crippen molar-refractivity contribution >= 4 is 40.0 Å². The summed E-state index contributed by atoms with van der Waals surface area (Å²) in [5.74, 6) is 0.647. The third-order valence-corrected chi connectivity index (χ3v) is 3.67. The van der Waals surface area contributed by atoms with E-state index in [9.17, 15) is 0 Å². The summed E-state index contributed by atoms with van der Waals surface area (Å²) in [6.45, 7) is 2.80. The Labute approximate surface area is 132 Å². The molecule has 0 aliphatic heterocycles. The summed E-state index contributed by atoms with van der Waals surface area (Å²) in [6.07, 6.45) is 0.677. The van der Waals surface area contributed by atoms with Gasteiger partial charge >= 0.3 is 0 Å². The molecule has 0 atom stereocenters. The van der Waals surface area contributed by atoms with Crippen LogP contribution in [0.25, 0.3) is 11.1 Å². The third kappa shape index (κ3) is 3.31. The Morgan fingerprint density at radius 2 is 1.90 bits per heavy atom. The topological polar surface area (TPSA) is 38.1 Å². The lowest BCUT2D eigenvalue weighted by atomic mass is 10.2. The van der Waals surface area contributed by atoms with Crippen molar-refractivity contribution in [1.82, 2.24) is 4.98 Å². The molecule has 0 aliphatic rings. The second-order valence-corrected chi connectivity index (χ2v) is 5.73. The predicted molar refractivity (Wildman–Crippen MR) is 87.4 cm³/mol. The van der Waals surface area contributed by atoms with Crippen LogP contribution in [0.3, 0.4) is 0 Å². The number of hydrogen-bond donors (Lipinski definition) is 1. The van der Waals surface area contributed by atoms with Gasteiger partial charge < -0.3 is 9.73 Å². The van der Waals surface area contributed by atoms with Crippen LogP contribution in [0.5, 0.6) is 0 Å². The molecule has 5 heteroatoms. The average Bonchev–Trinajstić information content (AvgIpc) is 2.84. The van der Waals surface area contributed by atoms with E-state index in [2.05, 4.69) is 41.5 Å². The Morgan fingerprint density at radius 1 is 1.14 bits per heavy atom. The quantitative estimate of drug-likeness (QED) is 0.727. The SMILES string of the molecule is Cc1ccc(NCCc2nc3cc(Cl)cc(Cl)c3o2)cc1. The molecule has 0 spiro atoms. The fourth-order valence-electron chi connectivity index (χ4n) is 2.10. The number of fused-ring (bicyclic) bond motifs is 1. The van der Waals surface area contributed by atoms with E-state index in [0.717, 1.165) is 12.2 Å². The molecule has 3 nitrogen and oxygen atoms in total. The number of halogens is 2. The number of nitrogens with one attached hydrogen (secondary N) is 1. The Hall–Kier alpha value is -1.71. The number of rotatable bonds is 4. The minimum Gasteiger partial charge on any atom is -0.439 e. The van der Waals surface area contributed by atoms with E-state index in [1.54, 1.807) is 12.1 Å². The van der Waals surface area contributed by atoms with E-state index in [0.29, 0.717) is 33.5 Å². The maximum absolute atomic E-state index is 6.09. The zero-order valence-electron chi connectivity index (χ0n) is 11.5. The van der Waals surface area contributed by atoms with Crippen molar-refractivity contribution in [3.63, 3.8) is 0 Å². The lowest BCUT2D eigenvalue weighted by molar-refractivity contribution is 0.534. The van der Waals surface area contributed by atoms with Crippen molar-refractivity contribution in [2.45, 2.75) is 13.3 Å². The maximum atomic E-state index is 6.09. The van der Waals surface area contributed by atoms with Gasteiger partial charge in [-0.05, 0) is 31.2 Å². The van der Waals surface area contributed by atoms with Gasteiger partial charge in [-0.15, -0.1) is 0 Å². The molecular formula is C16H14Cl2N2O. The first-order valence-corrected chi connectivity index (χ1v) is 7.42. The van der Waals surface area contributed by atoms with E-state index < -0.39 is 0 Å². The molecule has 3 rings (SSSR count). The number of oxazole rings is 1. The summed E-state index contributed by atoms with van der Waals surface area (Å²) < 4.78 is 5.67. The molecule has 1 N–H and O–H groups in total. The van der Waals surface area contributed by atoms with Gasteiger partial charge in [0.25, 0.3) is 0 Å². The molecule has 0 radical (unpaired) electrons. The molecule has 2 aromatic carbocycles. The van der Waals surface area contributed by atoms with Crippen molar-refractivity contribution in [2.75, 3.05) is 11.9 Å². The number of aromatic nitrogens is 1. The van der Waals surface area contributed by atoms with Gasteiger partial charge in [-0.25, -0.2) is 4.98 Å². The van der Waals surface area contributed by atoms with Crippen molar-refractivity contribution in [3.05, 3.63) is 57.9 Å². The fraction of sp³-hybridized carbons (Fsp3) is 0.188. The van der Waals surface area contributed by atoms with E-state index in [4.69, 9.17) is 27.6 Å². The van der Waals surface area contributed by atoms with Crippen molar-refractivity contribution < 1.29 is 4.42 Å². The van der Waals surface area contributed by atoms with Crippen LogP contribution in [0, 0.1) is 6.92 Å². The molecule has 0 saturated carbocycles. The zero-order valence-corrected chi connectivity index (χ0v) is 13.0. The van der Waals surface area contributed by atoms with Gasteiger partial charge in [0.05, 0.1) is 5.02 Å². The highest BCUT2D eigenvalue weighted by atomic mass is 35.5. The number of hydrogen-bond acceptors (Lipinski definition) is 3. The van der Waals surface area contributed by atoms with Gasteiger partial charge in [0.15, 0.2) is 11.5 Å². The Morgan fingerprint density at radius 3 is 2.67 bits per heavy atom. The molecule has 0 fully saturated rings. The van der Waals surface area contributed by atoms with Gasteiger partial charge in [0.1, 0.15) is 5.52 Å². The highest BCUT2D eigenvalue weighted by Gasteiger charge is 2.10. The van der Waals surface area contributed by atoms with Crippen LogP contribution in [-0.2, 0) is 6.42 Å².